The third-order valence-electron chi connectivity index (χ3n) is 4.76. The number of rotatable bonds is 3. The van der Waals surface area contributed by atoms with Crippen LogP contribution in [-0.4, -0.2) is 41.5 Å². The van der Waals surface area contributed by atoms with E-state index in [9.17, 15) is 14.7 Å². The van der Waals surface area contributed by atoms with E-state index in [1.807, 2.05) is 16.2 Å². The van der Waals surface area contributed by atoms with Gasteiger partial charge in [0.1, 0.15) is 17.4 Å². The number of aliphatic hydroxyl groups is 1. The van der Waals surface area contributed by atoms with E-state index in [4.69, 9.17) is 14.2 Å². The molecule has 0 spiro atoms. The standard InChI is InChI=1S/C20H23IO6/c1-12(22)25-18-6-2-4-13-8-16-9-14(23)10-17(26-16)11-15(5-3-7-21)27-20(24)19(13)18/h2-4,6-7,14-17,23H,5,8-11H2,1H3/b7-3+/t14-,15+,16+,17-/m1/s1. The normalized spacial score (nSPS) is 28.3. The van der Waals surface area contributed by atoms with Gasteiger partial charge in [0.2, 0.25) is 0 Å². The minimum absolute atomic E-state index is 0.155. The van der Waals surface area contributed by atoms with Gasteiger partial charge in [-0.2, -0.15) is 0 Å². The molecule has 0 unspecified atom stereocenters. The van der Waals surface area contributed by atoms with Crippen molar-refractivity contribution < 1.29 is 28.9 Å². The van der Waals surface area contributed by atoms with E-state index in [2.05, 4.69) is 22.6 Å². The summed E-state index contributed by atoms with van der Waals surface area (Å²) in [5, 5.41) is 10.3. The Labute approximate surface area is 172 Å². The summed E-state index contributed by atoms with van der Waals surface area (Å²) in [7, 11) is 0. The summed E-state index contributed by atoms with van der Waals surface area (Å²) in [6, 6.07) is 5.14. The molecule has 0 aliphatic carbocycles. The van der Waals surface area contributed by atoms with Crippen molar-refractivity contribution in [3.8, 4) is 5.75 Å². The first-order valence-electron chi connectivity index (χ1n) is 9.06. The average Bonchev–Trinajstić information content (AvgIpc) is 2.58. The number of hydrogen-bond acceptors (Lipinski definition) is 6. The highest BCUT2D eigenvalue weighted by atomic mass is 127. The number of halogens is 1. The van der Waals surface area contributed by atoms with Crippen LogP contribution in [0.3, 0.4) is 0 Å². The number of hydrogen-bond donors (Lipinski definition) is 1. The maximum absolute atomic E-state index is 13.0. The maximum atomic E-state index is 13.0. The fourth-order valence-electron chi connectivity index (χ4n) is 3.73. The van der Waals surface area contributed by atoms with Crippen molar-refractivity contribution >= 4 is 34.5 Å². The lowest BCUT2D eigenvalue weighted by atomic mass is 9.91. The molecule has 0 saturated carbocycles. The molecule has 1 saturated heterocycles. The molecule has 1 fully saturated rings. The third-order valence-corrected chi connectivity index (χ3v) is 5.27. The molecule has 1 N–H and O–H groups in total. The van der Waals surface area contributed by atoms with Crippen molar-refractivity contribution in [2.75, 3.05) is 0 Å². The van der Waals surface area contributed by atoms with Gasteiger partial charge in [-0.1, -0.05) is 40.8 Å². The van der Waals surface area contributed by atoms with E-state index in [1.165, 1.54) is 6.92 Å². The molecular weight excluding hydrogens is 463 g/mol. The highest BCUT2D eigenvalue weighted by molar-refractivity contribution is 14.1. The van der Waals surface area contributed by atoms with Gasteiger partial charge in [-0.3, -0.25) is 4.79 Å². The molecule has 0 aromatic heterocycles. The molecule has 4 atom stereocenters. The van der Waals surface area contributed by atoms with E-state index < -0.39 is 18.0 Å². The van der Waals surface area contributed by atoms with Crippen LogP contribution < -0.4 is 4.74 Å². The third kappa shape index (κ3) is 5.30. The number of carbonyl (C=O) groups excluding carboxylic acids is 2. The van der Waals surface area contributed by atoms with E-state index in [0.29, 0.717) is 37.7 Å². The van der Waals surface area contributed by atoms with Crippen molar-refractivity contribution in [3.05, 3.63) is 39.5 Å². The molecule has 0 amide bonds. The van der Waals surface area contributed by atoms with E-state index in [0.717, 1.165) is 0 Å². The molecular formula is C20H23IO6. The predicted octanol–water partition coefficient (Wildman–Crippen LogP) is 3.33. The van der Waals surface area contributed by atoms with Gasteiger partial charge in [0.25, 0.3) is 0 Å². The monoisotopic (exact) mass is 486 g/mol. The molecule has 1 aromatic carbocycles. The summed E-state index contributed by atoms with van der Waals surface area (Å²) >= 11 is 2.12. The topological polar surface area (TPSA) is 82.1 Å². The predicted molar refractivity (Wildman–Crippen MR) is 107 cm³/mol. The van der Waals surface area contributed by atoms with Crippen LogP contribution in [0.1, 0.15) is 48.5 Å². The Kier molecular flexibility index (Phi) is 6.88. The zero-order valence-corrected chi connectivity index (χ0v) is 17.3. The van der Waals surface area contributed by atoms with E-state index in [-0.39, 0.29) is 29.6 Å². The summed E-state index contributed by atoms with van der Waals surface area (Å²) in [5.74, 6) is -0.794. The first-order valence-corrected chi connectivity index (χ1v) is 10.3. The molecule has 0 radical (unpaired) electrons. The van der Waals surface area contributed by atoms with Gasteiger partial charge >= 0.3 is 11.9 Å². The summed E-state index contributed by atoms with van der Waals surface area (Å²) in [6.07, 6.45) is 3.34. The average molecular weight is 486 g/mol. The molecule has 7 heteroatoms. The number of aliphatic hydroxyl groups excluding tert-OH is 1. The molecule has 2 heterocycles. The largest absolute Gasteiger partial charge is 0.458 e. The SMILES string of the molecule is CC(=O)Oc1cccc2c1C(=O)O[C@@H](C/C=C/I)C[C@H]1C[C@H](O)C[C@H](C2)O1. The number of benzene rings is 1. The van der Waals surface area contributed by atoms with Crippen molar-refractivity contribution in [3.63, 3.8) is 0 Å². The van der Waals surface area contributed by atoms with Crippen LogP contribution in [0, 0.1) is 0 Å². The van der Waals surface area contributed by atoms with Crippen molar-refractivity contribution in [1.82, 2.24) is 0 Å². The van der Waals surface area contributed by atoms with Gasteiger partial charge in [-0.15, -0.1) is 0 Å². The van der Waals surface area contributed by atoms with Crippen LogP contribution in [0.25, 0.3) is 0 Å². The summed E-state index contributed by atoms with van der Waals surface area (Å²) in [4.78, 5) is 24.4. The quantitative estimate of drug-likeness (QED) is 0.401. The van der Waals surface area contributed by atoms with Gasteiger partial charge in [0.05, 0.1) is 18.3 Å². The van der Waals surface area contributed by atoms with Gasteiger partial charge in [-0.05, 0) is 35.0 Å². The maximum Gasteiger partial charge on any atom is 0.342 e. The molecule has 3 rings (SSSR count). The number of fused-ring (bicyclic) bond motifs is 3. The molecule has 2 aliphatic rings. The van der Waals surface area contributed by atoms with Crippen LogP contribution in [0.2, 0.25) is 0 Å². The van der Waals surface area contributed by atoms with Crippen LogP contribution in [-0.2, 0) is 20.7 Å². The zero-order valence-electron chi connectivity index (χ0n) is 15.1. The Bertz CT molecular complexity index is 731. The molecule has 2 bridgehead atoms. The van der Waals surface area contributed by atoms with Crippen LogP contribution in [0.15, 0.2) is 28.4 Å². The number of cyclic esters (lactones) is 1. The zero-order chi connectivity index (χ0) is 19.4. The highest BCUT2D eigenvalue weighted by Gasteiger charge is 2.34. The highest BCUT2D eigenvalue weighted by Crippen LogP contribution is 2.32. The molecule has 2 aliphatic heterocycles. The second kappa shape index (κ2) is 9.16. The van der Waals surface area contributed by atoms with Crippen molar-refractivity contribution in [2.24, 2.45) is 0 Å². The molecule has 1 aromatic rings. The lowest BCUT2D eigenvalue weighted by Gasteiger charge is -2.36. The molecule has 146 valence electrons. The second-order valence-electron chi connectivity index (χ2n) is 6.95. The second-order valence-corrected chi connectivity index (χ2v) is 7.67. The Morgan fingerprint density at radius 2 is 2.11 bits per heavy atom. The van der Waals surface area contributed by atoms with Crippen molar-refractivity contribution in [2.45, 2.75) is 63.4 Å². The van der Waals surface area contributed by atoms with Gasteiger partial charge < -0.3 is 19.3 Å². The summed E-state index contributed by atoms with van der Waals surface area (Å²) < 4.78 is 19.1. The van der Waals surface area contributed by atoms with Crippen LogP contribution >= 0.6 is 22.6 Å². The van der Waals surface area contributed by atoms with E-state index in [1.54, 1.807) is 12.1 Å². The molecule has 6 nitrogen and oxygen atoms in total. The minimum atomic E-state index is -0.498. The molecule has 27 heavy (non-hydrogen) atoms. The Hall–Kier alpha value is -1.45. The summed E-state index contributed by atoms with van der Waals surface area (Å²) in [5.41, 5.74) is 0.958. The first-order chi connectivity index (χ1) is 13.0. The lowest BCUT2D eigenvalue weighted by Crippen LogP contribution is -2.40. The number of esters is 2. The van der Waals surface area contributed by atoms with Crippen molar-refractivity contribution in [1.29, 1.82) is 0 Å². The number of ether oxygens (including phenoxy) is 3. The Balaban J connectivity index is 1.99. The van der Waals surface area contributed by atoms with Gasteiger partial charge in [0.15, 0.2) is 0 Å². The Morgan fingerprint density at radius 1 is 1.33 bits per heavy atom. The minimum Gasteiger partial charge on any atom is -0.458 e. The Morgan fingerprint density at radius 3 is 2.85 bits per heavy atom. The summed E-state index contributed by atoms with van der Waals surface area (Å²) in [6.45, 7) is 1.30. The van der Waals surface area contributed by atoms with E-state index >= 15 is 0 Å². The smallest absolute Gasteiger partial charge is 0.342 e. The van der Waals surface area contributed by atoms with Crippen LogP contribution in [0.5, 0.6) is 5.75 Å². The van der Waals surface area contributed by atoms with Gasteiger partial charge in [-0.25, -0.2) is 4.79 Å². The van der Waals surface area contributed by atoms with Crippen LogP contribution in [0.4, 0.5) is 0 Å². The lowest BCUT2D eigenvalue weighted by molar-refractivity contribution is -0.131. The fourth-order valence-corrected chi connectivity index (χ4v) is 4.03. The van der Waals surface area contributed by atoms with Gasteiger partial charge in [0, 0.05) is 19.8 Å². The first kappa shape index (κ1) is 20.3. The number of carbonyl (C=O) groups is 2. The fraction of sp³-hybridized carbons (Fsp3) is 0.500.